The predicted octanol–water partition coefficient (Wildman–Crippen LogP) is 2.86. The van der Waals surface area contributed by atoms with Crippen LogP contribution in [0.1, 0.15) is 19.8 Å². The highest BCUT2D eigenvalue weighted by Crippen LogP contribution is 2.10. The maximum absolute atomic E-state index is 7.17. The first-order valence-corrected chi connectivity index (χ1v) is 3.89. The summed E-state index contributed by atoms with van der Waals surface area (Å²) in [5.74, 6) is 0. The Labute approximate surface area is 67.6 Å². The molecule has 0 amide bonds. The first-order chi connectivity index (χ1) is 5.29. The SMILES string of the molecule is CC(=N)/C=C\C1=CCCC=C1. The van der Waals surface area contributed by atoms with Crippen molar-refractivity contribution in [1.82, 2.24) is 0 Å². The van der Waals surface area contributed by atoms with Crippen LogP contribution >= 0.6 is 0 Å². The Morgan fingerprint density at radius 3 is 2.91 bits per heavy atom. The average molecular weight is 147 g/mol. The fraction of sp³-hybridized carbons (Fsp3) is 0.300. The average Bonchev–Trinajstić information content (AvgIpc) is 2.03. The summed E-state index contributed by atoms with van der Waals surface area (Å²) in [6.07, 6.45) is 12.6. The highest BCUT2D eigenvalue weighted by atomic mass is 14.4. The van der Waals surface area contributed by atoms with Gasteiger partial charge in [0, 0.05) is 5.71 Å². The Morgan fingerprint density at radius 2 is 2.36 bits per heavy atom. The maximum atomic E-state index is 7.17. The van der Waals surface area contributed by atoms with Crippen LogP contribution < -0.4 is 0 Å². The van der Waals surface area contributed by atoms with E-state index in [0.29, 0.717) is 5.71 Å². The van der Waals surface area contributed by atoms with E-state index >= 15 is 0 Å². The number of allylic oxidation sites excluding steroid dienone is 6. The van der Waals surface area contributed by atoms with Crippen LogP contribution in [0.4, 0.5) is 0 Å². The smallest absolute Gasteiger partial charge is 0.0283 e. The van der Waals surface area contributed by atoms with Crippen molar-refractivity contribution in [2.24, 2.45) is 0 Å². The Morgan fingerprint density at radius 1 is 1.55 bits per heavy atom. The molecule has 0 saturated carbocycles. The molecular weight excluding hydrogens is 134 g/mol. The van der Waals surface area contributed by atoms with E-state index in [-0.39, 0.29) is 0 Å². The molecule has 0 bridgehead atoms. The molecular formula is C10H13N. The van der Waals surface area contributed by atoms with Crippen molar-refractivity contribution >= 4 is 5.71 Å². The molecule has 11 heavy (non-hydrogen) atoms. The maximum Gasteiger partial charge on any atom is 0.0283 e. The molecule has 0 heterocycles. The second-order valence-corrected chi connectivity index (χ2v) is 2.70. The van der Waals surface area contributed by atoms with Gasteiger partial charge < -0.3 is 5.41 Å². The highest BCUT2D eigenvalue weighted by molar-refractivity contribution is 5.90. The quantitative estimate of drug-likeness (QED) is 0.581. The summed E-state index contributed by atoms with van der Waals surface area (Å²) in [5.41, 5.74) is 1.83. The fourth-order valence-corrected chi connectivity index (χ4v) is 0.979. The van der Waals surface area contributed by atoms with Crippen LogP contribution in [0.2, 0.25) is 0 Å². The predicted molar refractivity (Wildman–Crippen MR) is 49.0 cm³/mol. The lowest BCUT2D eigenvalue weighted by molar-refractivity contribution is 1.03. The van der Waals surface area contributed by atoms with Crippen LogP contribution in [0.15, 0.2) is 36.0 Å². The van der Waals surface area contributed by atoms with Crippen LogP contribution in [0.5, 0.6) is 0 Å². The minimum absolute atomic E-state index is 0.602. The van der Waals surface area contributed by atoms with Crippen molar-refractivity contribution in [2.45, 2.75) is 19.8 Å². The molecule has 1 aliphatic carbocycles. The zero-order chi connectivity index (χ0) is 8.10. The van der Waals surface area contributed by atoms with Gasteiger partial charge in [-0.1, -0.05) is 24.3 Å². The van der Waals surface area contributed by atoms with E-state index in [1.165, 1.54) is 5.57 Å². The van der Waals surface area contributed by atoms with Crippen molar-refractivity contribution in [3.8, 4) is 0 Å². The van der Waals surface area contributed by atoms with Crippen LogP contribution in [-0.4, -0.2) is 5.71 Å². The molecule has 1 aliphatic rings. The van der Waals surface area contributed by atoms with Gasteiger partial charge in [0.1, 0.15) is 0 Å². The monoisotopic (exact) mass is 147 g/mol. The van der Waals surface area contributed by atoms with Crippen molar-refractivity contribution in [2.75, 3.05) is 0 Å². The molecule has 0 aromatic rings. The van der Waals surface area contributed by atoms with Crippen molar-refractivity contribution in [3.63, 3.8) is 0 Å². The molecule has 0 aliphatic heterocycles. The Bertz CT molecular complexity index is 231. The molecule has 1 rings (SSSR count). The third kappa shape index (κ3) is 2.99. The lowest BCUT2D eigenvalue weighted by atomic mass is 10.1. The third-order valence-corrected chi connectivity index (χ3v) is 1.55. The number of hydrogen-bond acceptors (Lipinski definition) is 1. The van der Waals surface area contributed by atoms with E-state index in [2.05, 4.69) is 18.2 Å². The van der Waals surface area contributed by atoms with Crippen LogP contribution in [-0.2, 0) is 0 Å². The molecule has 0 saturated heterocycles. The number of rotatable bonds is 2. The fourth-order valence-electron chi connectivity index (χ4n) is 0.979. The summed E-state index contributed by atoms with van der Waals surface area (Å²) in [4.78, 5) is 0. The summed E-state index contributed by atoms with van der Waals surface area (Å²) in [6.45, 7) is 1.78. The van der Waals surface area contributed by atoms with Crippen LogP contribution in [0.3, 0.4) is 0 Å². The van der Waals surface area contributed by atoms with E-state index in [4.69, 9.17) is 5.41 Å². The van der Waals surface area contributed by atoms with Gasteiger partial charge in [0.25, 0.3) is 0 Å². The van der Waals surface area contributed by atoms with Gasteiger partial charge in [0.05, 0.1) is 0 Å². The van der Waals surface area contributed by atoms with Gasteiger partial charge >= 0.3 is 0 Å². The largest absolute Gasteiger partial charge is 0.306 e. The normalized spacial score (nSPS) is 17.0. The molecule has 0 aromatic heterocycles. The van der Waals surface area contributed by atoms with Gasteiger partial charge in [-0.15, -0.1) is 0 Å². The third-order valence-electron chi connectivity index (χ3n) is 1.55. The molecule has 1 N–H and O–H groups in total. The topological polar surface area (TPSA) is 23.9 Å². The zero-order valence-electron chi connectivity index (χ0n) is 6.80. The molecule has 0 atom stereocenters. The Kier molecular flexibility index (Phi) is 2.84. The first-order valence-electron chi connectivity index (χ1n) is 3.89. The molecule has 0 spiro atoms. The van der Waals surface area contributed by atoms with Crippen molar-refractivity contribution < 1.29 is 0 Å². The van der Waals surface area contributed by atoms with Gasteiger partial charge in [0.15, 0.2) is 0 Å². The standard InChI is InChI=1S/C10H13N/c1-9(11)7-8-10-5-3-2-4-6-10/h3,5-8,11H,2,4H2,1H3/b8-7-,11-9?. The second kappa shape index (κ2) is 3.91. The Balaban J connectivity index is 2.55. The van der Waals surface area contributed by atoms with E-state index in [0.717, 1.165) is 12.8 Å². The van der Waals surface area contributed by atoms with E-state index < -0.39 is 0 Å². The first kappa shape index (κ1) is 7.99. The molecule has 0 radical (unpaired) electrons. The summed E-state index contributed by atoms with van der Waals surface area (Å²) in [7, 11) is 0. The van der Waals surface area contributed by atoms with Gasteiger partial charge in [-0.2, -0.15) is 0 Å². The van der Waals surface area contributed by atoms with E-state index in [1.54, 1.807) is 6.92 Å². The van der Waals surface area contributed by atoms with E-state index in [9.17, 15) is 0 Å². The molecule has 58 valence electrons. The van der Waals surface area contributed by atoms with Crippen molar-refractivity contribution in [3.05, 3.63) is 36.0 Å². The minimum atomic E-state index is 0.602. The summed E-state index contributed by atoms with van der Waals surface area (Å²) in [6, 6.07) is 0. The van der Waals surface area contributed by atoms with Gasteiger partial charge in [0.2, 0.25) is 0 Å². The molecule has 0 aromatic carbocycles. The minimum Gasteiger partial charge on any atom is -0.306 e. The van der Waals surface area contributed by atoms with E-state index in [1.807, 2.05) is 12.2 Å². The number of nitrogens with one attached hydrogen (secondary N) is 1. The lowest BCUT2D eigenvalue weighted by Crippen LogP contribution is -1.83. The molecule has 1 nitrogen and oxygen atoms in total. The molecule has 1 heteroatoms. The summed E-state index contributed by atoms with van der Waals surface area (Å²) >= 11 is 0. The lowest BCUT2D eigenvalue weighted by Gasteiger charge is -1.99. The number of hydrogen-bond donors (Lipinski definition) is 1. The Hall–Kier alpha value is -1.11. The van der Waals surface area contributed by atoms with Gasteiger partial charge in [-0.3, -0.25) is 0 Å². The summed E-state index contributed by atoms with van der Waals surface area (Å²) < 4.78 is 0. The van der Waals surface area contributed by atoms with Gasteiger partial charge in [-0.05, 0) is 31.4 Å². The molecule has 0 unspecified atom stereocenters. The highest BCUT2D eigenvalue weighted by Gasteiger charge is 1.91. The zero-order valence-corrected chi connectivity index (χ0v) is 6.80. The van der Waals surface area contributed by atoms with Crippen LogP contribution in [0.25, 0.3) is 0 Å². The second-order valence-electron chi connectivity index (χ2n) is 2.70. The van der Waals surface area contributed by atoms with Crippen LogP contribution in [0, 0.1) is 5.41 Å². The molecule has 0 fully saturated rings. The van der Waals surface area contributed by atoms with Gasteiger partial charge in [-0.25, -0.2) is 0 Å². The van der Waals surface area contributed by atoms with Crippen molar-refractivity contribution in [1.29, 1.82) is 5.41 Å². The summed E-state index contributed by atoms with van der Waals surface area (Å²) in [5, 5.41) is 7.17.